The molecule has 1 fully saturated rings. The lowest BCUT2D eigenvalue weighted by Crippen LogP contribution is -2.22. The maximum atomic E-state index is 13.0. The number of nitrogens with one attached hydrogen (secondary N) is 1. The van der Waals surface area contributed by atoms with Crippen molar-refractivity contribution in [1.82, 2.24) is 5.32 Å². The molecule has 21 heavy (non-hydrogen) atoms. The first-order chi connectivity index (χ1) is 9.91. The van der Waals surface area contributed by atoms with Gasteiger partial charge >= 0.3 is 6.18 Å². The molecule has 0 heterocycles. The van der Waals surface area contributed by atoms with Crippen LogP contribution < -0.4 is 5.32 Å². The van der Waals surface area contributed by atoms with E-state index in [4.69, 9.17) is 0 Å². The maximum Gasteiger partial charge on any atom is 0.417 e. The van der Waals surface area contributed by atoms with Crippen molar-refractivity contribution in [2.45, 2.75) is 50.7 Å². The lowest BCUT2D eigenvalue weighted by atomic mass is 9.83. The number of hydrogen-bond acceptors (Lipinski definition) is 1. The summed E-state index contributed by atoms with van der Waals surface area (Å²) in [6.45, 7) is 0. The highest BCUT2D eigenvalue weighted by Gasteiger charge is 2.33. The van der Waals surface area contributed by atoms with E-state index in [-0.39, 0.29) is 10.5 Å². The van der Waals surface area contributed by atoms with E-state index < -0.39 is 11.7 Å². The van der Waals surface area contributed by atoms with Gasteiger partial charge < -0.3 is 5.32 Å². The molecule has 1 aromatic carbocycles. The van der Waals surface area contributed by atoms with Crippen molar-refractivity contribution in [3.63, 3.8) is 0 Å². The molecule has 2 rings (SSSR count). The molecule has 0 amide bonds. The molecule has 1 saturated carbocycles. The molecule has 0 aliphatic heterocycles. The zero-order valence-corrected chi connectivity index (χ0v) is 13.7. The molecule has 0 saturated heterocycles. The fourth-order valence-electron chi connectivity index (χ4n) is 3.15. The Balaban J connectivity index is 2.17. The molecular formula is C16H21BrF3N. The van der Waals surface area contributed by atoms with Crippen LogP contribution in [0.25, 0.3) is 0 Å². The predicted octanol–water partition coefficient (Wildman–Crippen LogP) is 5.70. The van der Waals surface area contributed by atoms with E-state index in [1.54, 1.807) is 6.07 Å². The summed E-state index contributed by atoms with van der Waals surface area (Å²) in [7, 11) is 1.82. The normalized spacial score (nSPS) is 18.7. The Labute approximate surface area is 132 Å². The Morgan fingerprint density at radius 3 is 2.48 bits per heavy atom. The van der Waals surface area contributed by atoms with Crippen molar-refractivity contribution in [2.75, 3.05) is 7.05 Å². The van der Waals surface area contributed by atoms with E-state index in [1.165, 1.54) is 44.2 Å². The van der Waals surface area contributed by atoms with Crippen LogP contribution in [0, 0.1) is 5.92 Å². The topological polar surface area (TPSA) is 12.0 Å². The highest BCUT2D eigenvalue weighted by atomic mass is 79.9. The first-order valence-electron chi connectivity index (χ1n) is 7.45. The van der Waals surface area contributed by atoms with Gasteiger partial charge in [0, 0.05) is 10.5 Å². The zero-order chi connectivity index (χ0) is 15.5. The molecule has 1 unspecified atom stereocenters. The first kappa shape index (κ1) is 16.8. The molecule has 1 aliphatic rings. The molecule has 0 bridgehead atoms. The minimum absolute atomic E-state index is 0.0118. The monoisotopic (exact) mass is 363 g/mol. The standard InChI is InChI=1S/C16H21BrF3N/c1-21-15(9-11-5-3-2-4-6-11)12-7-8-14(17)13(10-12)16(18,19)20/h7-8,10-11,15,21H,2-6,9H2,1H3. The van der Waals surface area contributed by atoms with Gasteiger partial charge in [0.25, 0.3) is 0 Å². The third kappa shape index (κ3) is 4.46. The van der Waals surface area contributed by atoms with Crippen LogP contribution in [0.15, 0.2) is 22.7 Å². The third-order valence-electron chi connectivity index (χ3n) is 4.34. The van der Waals surface area contributed by atoms with Gasteiger partial charge in [0.15, 0.2) is 0 Å². The SMILES string of the molecule is CNC(CC1CCCCC1)c1ccc(Br)c(C(F)(F)F)c1. The van der Waals surface area contributed by atoms with E-state index in [1.807, 2.05) is 7.05 Å². The van der Waals surface area contributed by atoms with E-state index in [9.17, 15) is 13.2 Å². The number of alkyl halides is 3. The molecular weight excluding hydrogens is 343 g/mol. The minimum atomic E-state index is -4.32. The number of hydrogen-bond donors (Lipinski definition) is 1. The molecule has 1 N–H and O–H groups in total. The average Bonchev–Trinajstić information content (AvgIpc) is 2.45. The molecule has 0 spiro atoms. The molecule has 1 nitrogen and oxygen atoms in total. The Bertz CT molecular complexity index is 467. The van der Waals surface area contributed by atoms with Gasteiger partial charge in [-0.2, -0.15) is 13.2 Å². The van der Waals surface area contributed by atoms with Crippen molar-refractivity contribution in [1.29, 1.82) is 0 Å². The number of benzene rings is 1. The van der Waals surface area contributed by atoms with Gasteiger partial charge in [0.1, 0.15) is 0 Å². The van der Waals surface area contributed by atoms with Crippen molar-refractivity contribution in [2.24, 2.45) is 5.92 Å². The Morgan fingerprint density at radius 2 is 1.90 bits per heavy atom. The summed E-state index contributed by atoms with van der Waals surface area (Å²) >= 11 is 3.00. The summed E-state index contributed by atoms with van der Waals surface area (Å²) in [5.74, 6) is 0.620. The molecule has 1 aromatic rings. The molecule has 1 atom stereocenters. The second-order valence-electron chi connectivity index (χ2n) is 5.82. The highest BCUT2D eigenvalue weighted by molar-refractivity contribution is 9.10. The van der Waals surface area contributed by atoms with Crippen LogP contribution in [0.1, 0.15) is 55.7 Å². The van der Waals surface area contributed by atoms with E-state index in [2.05, 4.69) is 21.2 Å². The van der Waals surface area contributed by atoms with E-state index in [0.29, 0.717) is 5.92 Å². The Hall–Kier alpha value is -0.550. The first-order valence-corrected chi connectivity index (χ1v) is 8.25. The summed E-state index contributed by atoms with van der Waals surface area (Å²) in [6, 6.07) is 4.54. The quantitative estimate of drug-likeness (QED) is 0.723. The number of rotatable bonds is 4. The Morgan fingerprint density at radius 1 is 1.24 bits per heavy atom. The van der Waals surface area contributed by atoms with E-state index >= 15 is 0 Å². The van der Waals surface area contributed by atoms with Crippen LogP contribution in [-0.2, 0) is 6.18 Å². The van der Waals surface area contributed by atoms with Gasteiger partial charge in [-0.25, -0.2) is 0 Å². The van der Waals surface area contributed by atoms with Crippen LogP contribution in [0.5, 0.6) is 0 Å². The lowest BCUT2D eigenvalue weighted by molar-refractivity contribution is -0.138. The van der Waals surface area contributed by atoms with Crippen LogP contribution in [0.3, 0.4) is 0 Å². The second kappa shape index (κ2) is 7.14. The summed E-state index contributed by atoms with van der Waals surface area (Å²) in [5, 5.41) is 3.18. The molecule has 118 valence electrons. The van der Waals surface area contributed by atoms with Gasteiger partial charge in [0.05, 0.1) is 5.56 Å². The average molecular weight is 364 g/mol. The summed E-state index contributed by atoms with van der Waals surface area (Å²) in [5.41, 5.74) is 0.127. The van der Waals surface area contributed by atoms with Crippen LogP contribution in [-0.4, -0.2) is 7.05 Å². The molecule has 1 aliphatic carbocycles. The van der Waals surface area contributed by atoms with Crippen LogP contribution in [0.2, 0.25) is 0 Å². The summed E-state index contributed by atoms with van der Waals surface area (Å²) < 4.78 is 39.1. The molecule has 0 radical (unpaired) electrons. The summed E-state index contributed by atoms with van der Waals surface area (Å²) in [6.07, 6.45) is 2.76. The van der Waals surface area contributed by atoms with Crippen molar-refractivity contribution in [3.8, 4) is 0 Å². The third-order valence-corrected chi connectivity index (χ3v) is 5.03. The van der Waals surface area contributed by atoms with Gasteiger partial charge in [-0.15, -0.1) is 0 Å². The van der Waals surface area contributed by atoms with Crippen LogP contribution >= 0.6 is 15.9 Å². The van der Waals surface area contributed by atoms with Crippen molar-refractivity contribution in [3.05, 3.63) is 33.8 Å². The van der Waals surface area contributed by atoms with Gasteiger partial charge in [-0.3, -0.25) is 0 Å². The molecule has 0 aromatic heterocycles. The van der Waals surface area contributed by atoms with Crippen molar-refractivity contribution < 1.29 is 13.2 Å². The van der Waals surface area contributed by atoms with Crippen molar-refractivity contribution >= 4 is 15.9 Å². The smallest absolute Gasteiger partial charge is 0.313 e. The van der Waals surface area contributed by atoms with Gasteiger partial charge in [-0.05, 0) is 37.1 Å². The second-order valence-corrected chi connectivity index (χ2v) is 6.67. The highest BCUT2D eigenvalue weighted by Crippen LogP contribution is 2.38. The largest absolute Gasteiger partial charge is 0.417 e. The van der Waals surface area contributed by atoms with Gasteiger partial charge in [-0.1, -0.05) is 54.1 Å². The maximum absolute atomic E-state index is 13.0. The summed E-state index contributed by atoms with van der Waals surface area (Å²) in [4.78, 5) is 0. The predicted molar refractivity (Wildman–Crippen MR) is 82.1 cm³/mol. The lowest BCUT2D eigenvalue weighted by Gasteiger charge is -2.27. The fourth-order valence-corrected chi connectivity index (χ4v) is 3.63. The van der Waals surface area contributed by atoms with Crippen LogP contribution in [0.4, 0.5) is 13.2 Å². The Kier molecular flexibility index (Phi) is 5.72. The van der Waals surface area contributed by atoms with E-state index in [0.717, 1.165) is 12.0 Å². The fraction of sp³-hybridized carbons (Fsp3) is 0.625. The van der Waals surface area contributed by atoms with Gasteiger partial charge in [0.2, 0.25) is 0 Å². The minimum Gasteiger partial charge on any atom is -0.313 e. The molecule has 5 heteroatoms. The number of halogens is 4. The zero-order valence-electron chi connectivity index (χ0n) is 12.1.